The molecule has 1 heterocycles. The van der Waals surface area contributed by atoms with E-state index in [1.807, 2.05) is 25.1 Å². The van der Waals surface area contributed by atoms with Crippen LogP contribution in [0.1, 0.15) is 24.5 Å². The minimum absolute atomic E-state index is 0.246. The van der Waals surface area contributed by atoms with E-state index in [-0.39, 0.29) is 6.61 Å². The van der Waals surface area contributed by atoms with Crippen LogP contribution in [-0.4, -0.2) is 57.7 Å². The smallest absolute Gasteiger partial charge is 0.140 e. The van der Waals surface area contributed by atoms with Crippen LogP contribution in [0.4, 0.5) is 0 Å². The molecule has 1 aliphatic rings. The van der Waals surface area contributed by atoms with Crippen molar-refractivity contribution < 1.29 is 24.4 Å². The number of aliphatic hydroxyl groups excluding tert-OH is 1. The number of quaternary nitrogens is 2. The summed E-state index contributed by atoms with van der Waals surface area (Å²) in [5.74, 6) is 1.88. The molecule has 3 rings (SSSR count). The Balaban J connectivity index is 1.57. The summed E-state index contributed by atoms with van der Waals surface area (Å²) >= 11 is 0. The van der Waals surface area contributed by atoms with Gasteiger partial charge in [0.25, 0.3) is 0 Å². The van der Waals surface area contributed by atoms with Crippen LogP contribution in [0.2, 0.25) is 0 Å². The fourth-order valence-corrected chi connectivity index (χ4v) is 4.28. The molecule has 1 saturated heterocycles. The van der Waals surface area contributed by atoms with Gasteiger partial charge in [-0.05, 0) is 42.8 Å². The highest BCUT2D eigenvalue weighted by Gasteiger charge is 2.32. The SMILES string of the molecule is CCOc1ccccc1C[NH+]1CC[NH+](CC=Cc2ccc(OC)cc2)CC1CCO. The van der Waals surface area contributed by atoms with Crippen LogP contribution in [-0.2, 0) is 6.54 Å². The number of nitrogens with one attached hydrogen (secondary N) is 2. The summed E-state index contributed by atoms with van der Waals surface area (Å²) < 4.78 is 11.0. The summed E-state index contributed by atoms with van der Waals surface area (Å²) in [4.78, 5) is 3.14. The molecule has 30 heavy (non-hydrogen) atoms. The lowest BCUT2D eigenvalue weighted by atomic mass is 10.1. The van der Waals surface area contributed by atoms with Crippen molar-refractivity contribution in [1.29, 1.82) is 0 Å². The Labute approximate surface area is 180 Å². The third kappa shape index (κ3) is 6.33. The van der Waals surface area contributed by atoms with E-state index < -0.39 is 0 Å². The molecule has 1 aliphatic heterocycles. The molecule has 0 spiro atoms. The molecule has 3 unspecified atom stereocenters. The minimum atomic E-state index is 0.246. The van der Waals surface area contributed by atoms with Gasteiger partial charge in [0.2, 0.25) is 0 Å². The van der Waals surface area contributed by atoms with E-state index in [1.54, 1.807) is 16.9 Å². The Morgan fingerprint density at radius 1 is 1.10 bits per heavy atom. The van der Waals surface area contributed by atoms with Gasteiger partial charge < -0.3 is 24.4 Å². The van der Waals surface area contributed by atoms with E-state index in [0.29, 0.717) is 12.6 Å². The zero-order valence-corrected chi connectivity index (χ0v) is 18.3. The predicted octanol–water partition coefficient (Wildman–Crippen LogP) is 0.842. The second kappa shape index (κ2) is 11.7. The van der Waals surface area contributed by atoms with Crippen molar-refractivity contribution in [2.75, 3.05) is 46.5 Å². The average Bonchev–Trinajstić information content (AvgIpc) is 2.77. The molecule has 0 bridgehead atoms. The largest absolute Gasteiger partial charge is 0.497 e. The van der Waals surface area contributed by atoms with E-state index in [2.05, 4.69) is 42.5 Å². The highest BCUT2D eigenvalue weighted by atomic mass is 16.5. The Bertz CT molecular complexity index is 791. The second-order valence-electron chi connectivity index (χ2n) is 7.92. The molecule has 3 N–H and O–H groups in total. The van der Waals surface area contributed by atoms with E-state index in [0.717, 1.165) is 50.6 Å². The molecule has 0 aromatic heterocycles. The fourth-order valence-electron chi connectivity index (χ4n) is 4.28. The van der Waals surface area contributed by atoms with Crippen molar-refractivity contribution in [3.8, 4) is 11.5 Å². The number of hydrogen-bond donors (Lipinski definition) is 3. The lowest BCUT2D eigenvalue weighted by Gasteiger charge is -2.36. The molecular weight excluding hydrogens is 376 g/mol. The molecule has 0 amide bonds. The Morgan fingerprint density at radius 2 is 1.90 bits per heavy atom. The maximum absolute atomic E-state index is 9.62. The maximum Gasteiger partial charge on any atom is 0.140 e. The number of para-hydroxylation sites is 1. The number of ether oxygens (including phenoxy) is 2. The maximum atomic E-state index is 9.62. The van der Waals surface area contributed by atoms with E-state index in [4.69, 9.17) is 9.47 Å². The first-order valence-corrected chi connectivity index (χ1v) is 11.0. The fraction of sp³-hybridized carbons (Fsp3) is 0.440. The zero-order valence-electron chi connectivity index (χ0n) is 18.3. The number of hydrogen-bond acceptors (Lipinski definition) is 3. The minimum Gasteiger partial charge on any atom is -0.497 e. The van der Waals surface area contributed by atoms with Crippen molar-refractivity contribution in [2.24, 2.45) is 0 Å². The summed E-state index contributed by atoms with van der Waals surface area (Å²) in [7, 11) is 1.69. The molecule has 2 aromatic rings. The third-order valence-corrected chi connectivity index (χ3v) is 5.91. The van der Waals surface area contributed by atoms with Crippen molar-refractivity contribution in [2.45, 2.75) is 25.9 Å². The normalized spacial score (nSPS) is 21.6. The molecule has 1 fully saturated rings. The molecule has 0 radical (unpaired) electrons. The topological polar surface area (TPSA) is 47.6 Å². The Morgan fingerprint density at radius 3 is 2.63 bits per heavy atom. The summed E-state index contributed by atoms with van der Waals surface area (Å²) in [6, 6.07) is 17.0. The summed E-state index contributed by atoms with van der Waals surface area (Å²) in [5, 5.41) is 9.62. The molecule has 2 aromatic carbocycles. The quantitative estimate of drug-likeness (QED) is 0.542. The molecule has 0 saturated carbocycles. The highest BCUT2D eigenvalue weighted by molar-refractivity contribution is 5.50. The Hall–Kier alpha value is -2.34. The second-order valence-corrected chi connectivity index (χ2v) is 7.92. The van der Waals surface area contributed by atoms with Crippen LogP contribution in [0, 0.1) is 0 Å². The van der Waals surface area contributed by atoms with Gasteiger partial charge in [-0.2, -0.15) is 0 Å². The van der Waals surface area contributed by atoms with Crippen LogP contribution in [0.15, 0.2) is 54.6 Å². The molecule has 162 valence electrons. The summed E-state index contributed by atoms with van der Waals surface area (Å²) in [6.45, 7) is 8.25. The van der Waals surface area contributed by atoms with Crippen LogP contribution >= 0.6 is 0 Å². The van der Waals surface area contributed by atoms with Gasteiger partial charge in [0.05, 0.1) is 20.3 Å². The van der Waals surface area contributed by atoms with Gasteiger partial charge in [-0.1, -0.05) is 30.3 Å². The van der Waals surface area contributed by atoms with Crippen LogP contribution in [0.25, 0.3) is 6.08 Å². The van der Waals surface area contributed by atoms with Gasteiger partial charge in [-0.15, -0.1) is 0 Å². The van der Waals surface area contributed by atoms with E-state index in [1.165, 1.54) is 11.1 Å². The number of methoxy groups -OCH3 is 1. The average molecular weight is 413 g/mol. The monoisotopic (exact) mass is 412 g/mol. The van der Waals surface area contributed by atoms with Gasteiger partial charge in [0, 0.05) is 18.6 Å². The van der Waals surface area contributed by atoms with Gasteiger partial charge in [0.15, 0.2) is 0 Å². The molecule has 5 heteroatoms. The van der Waals surface area contributed by atoms with E-state index >= 15 is 0 Å². The van der Waals surface area contributed by atoms with Crippen molar-refractivity contribution in [1.82, 2.24) is 0 Å². The number of benzene rings is 2. The first-order valence-electron chi connectivity index (χ1n) is 11.0. The molecular formula is C25H36N2O3+2. The van der Waals surface area contributed by atoms with Crippen molar-refractivity contribution in [3.05, 3.63) is 65.7 Å². The van der Waals surface area contributed by atoms with Crippen LogP contribution < -0.4 is 19.3 Å². The lowest BCUT2D eigenvalue weighted by molar-refractivity contribution is -1.03. The third-order valence-electron chi connectivity index (χ3n) is 5.91. The first-order chi connectivity index (χ1) is 14.7. The molecule has 3 atom stereocenters. The van der Waals surface area contributed by atoms with Crippen LogP contribution in [0.5, 0.6) is 11.5 Å². The van der Waals surface area contributed by atoms with Gasteiger partial charge >= 0.3 is 0 Å². The summed E-state index contributed by atoms with van der Waals surface area (Å²) in [5.41, 5.74) is 2.46. The van der Waals surface area contributed by atoms with E-state index in [9.17, 15) is 5.11 Å². The van der Waals surface area contributed by atoms with Crippen LogP contribution in [0.3, 0.4) is 0 Å². The molecule has 0 aliphatic carbocycles. The van der Waals surface area contributed by atoms with Crippen molar-refractivity contribution >= 4 is 6.08 Å². The molecule has 5 nitrogen and oxygen atoms in total. The number of piperazine rings is 1. The standard InChI is InChI=1S/C25H34N2O3/c1-3-30-25-9-5-4-8-22(25)19-27-17-16-26(20-23(27)14-18-28)15-6-7-21-10-12-24(29-2)13-11-21/h4-13,23,28H,3,14-20H2,1-2H3/p+2. The Kier molecular flexibility index (Phi) is 8.75. The van der Waals surface area contributed by atoms with Gasteiger partial charge in [-0.25, -0.2) is 0 Å². The van der Waals surface area contributed by atoms with Gasteiger partial charge in [0.1, 0.15) is 43.7 Å². The summed E-state index contributed by atoms with van der Waals surface area (Å²) in [6.07, 6.45) is 5.30. The highest BCUT2D eigenvalue weighted by Crippen LogP contribution is 2.17. The van der Waals surface area contributed by atoms with Crippen molar-refractivity contribution in [3.63, 3.8) is 0 Å². The lowest BCUT2D eigenvalue weighted by Crippen LogP contribution is -3.30. The number of aliphatic hydroxyl groups is 1. The number of rotatable bonds is 10. The van der Waals surface area contributed by atoms with Gasteiger partial charge in [-0.3, -0.25) is 0 Å². The first kappa shape index (κ1) is 22.3. The predicted molar refractivity (Wildman–Crippen MR) is 120 cm³/mol. The zero-order chi connectivity index (χ0) is 21.2.